The molecule has 5 heteroatoms. The van der Waals surface area contributed by atoms with Crippen molar-refractivity contribution < 1.29 is 4.21 Å². The van der Waals surface area contributed by atoms with Crippen LogP contribution in [0.5, 0.6) is 0 Å². The van der Waals surface area contributed by atoms with Crippen LogP contribution in [-0.2, 0) is 10.8 Å². The molecule has 3 N–H and O–H groups in total. The fraction of sp³-hybridized carbons (Fsp3) is 0.556. The summed E-state index contributed by atoms with van der Waals surface area (Å²) in [4.78, 5) is 0. The molecule has 0 aliphatic heterocycles. The molecule has 0 aromatic rings. The van der Waals surface area contributed by atoms with E-state index in [-0.39, 0.29) is 6.04 Å². The largest absolute Gasteiger partial charge is 0.353 e. The van der Waals surface area contributed by atoms with Gasteiger partial charge in [0.2, 0.25) is 0 Å². The molecule has 3 nitrogen and oxygen atoms in total. The smallest absolute Gasteiger partial charge is 0.0647 e. The predicted molar refractivity (Wildman–Crippen MR) is 66.5 cm³/mol. The van der Waals surface area contributed by atoms with Gasteiger partial charge in [-0.1, -0.05) is 13.2 Å². The molecular formula is C9H18N2OS2. The summed E-state index contributed by atoms with van der Waals surface area (Å²) < 4.78 is 10.8. The molecule has 2 atom stereocenters. The maximum absolute atomic E-state index is 10.8. The maximum Gasteiger partial charge on any atom is 0.0647 e. The van der Waals surface area contributed by atoms with Gasteiger partial charge < -0.3 is 11.1 Å². The molecule has 0 spiro atoms. The second-order valence-electron chi connectivity index (χ2n) is 2.95. The molecule has 14 heavy (non-hydrogen) atoms. The lowest BCUT2D eigenvalue weighted by Gasteiger charge is -2.16. The lowest BCUT2D eigenvalue weighted by Crippen LogP contribution is -2.31. The number of nitrogens with one attached hydrogen (secondary N) is 1. The Kier molecular flexibility index (Phi) is 6.96. The van der Waals surface area contributed by atoms with Gasteiger partial charge in [0.05, 0.1) is 5.03 Å². The fourth-order valence-corrected chi connectivity index (χ4v) is 1.61. The molecule has 0 heterocycles. The van der Waals surface area contributed by atoms with Crippen LogP contribution in [0.3, 0.4) is 0 Å². The van der Waals surface area contributed by atoms with E-state index in [1.807, 2.05) is 6.26 Å². The van der Waals surface area contributed by atoms with E-state index in [1.54, 1.807) is 6.26 Å². The van der Waals surface area contributed by atoms with Gasteiger partial charge in [-0.3, -0.25) is 4.21 Å². The van der Waals surface area contributed by atoms with E-state index >= 15 is 0 Å². The van der Waals surface area contributed by atoms with Crippen LogP contribution in [0.1, 0.15) is 6.42 Å². The Morgan fingerprint density at radius 2 is 2.21 bits per heavy atom. The molecule has 1 unspecified atom stereocenters. The quantitative estimate of drug-likeness (QED) is 0.690. The lowest BCUT2D eigenvalue weighted by atomic mass is 10.2. The molecule has 0 aliphatic carbocycles. The van der Waals surface area contributed by atoms with Gasteiger partial charge in [0.25, 0.3) is 0 Å². The van der Waals surface area contributed by atoms with Crippen LogP contribution < -0.4 is 11.1 Å². The van der Waals surface area contributed by atoms with E-state index in [2.05, 4.69) is 18.5 Å². The van der Waals surface area contributed by atoms with Crippen molar-refractivity contribution in [2.75, 3.05) is 18.3 Å². The summed E-state index contributed by atoms with van der Waals surface area (Å²) in [6, 6.07) is -0.164. The van der Waals surface area contributed by atoms with Crippen LogP contribution >= 0.6 is 11.8 Å². The molecule has 0 aromatic carbocycles. The predicted octanol–water partition coefficient (Wildman–Crippen LogP) is 1.02. The first-order chi connectivity index (χ1) is 6.47. The molecule has 0 aromatic heterocycles. The van der Waals surface area contributed by atoms with Crippen molar-refractivity contribution in [1.82, 2.24) is 5.32 Å². The van der Waals surface area contributed by atoms with Gasteiger partial charge in [-0.05, 0) is 12.7 Å². The number of rotatable bonds is 7. The number of nitrogens with two attached hydrogens (primary N) is 1. The van der Waals surface area contributed by atoms with Gasteiger partial charge in [0, 0.05) is 34.5 Å². The Bertz CT molecular complexity index is 241. The fourth-order valence-electron chi connectivity index (χ4n) is 0.790. The van der Waals surface area contributed by atoms with Crippen LogP contribution in [0.4, 0.5) is 0 Å². The molecule has 0 fully saturated rings. The van der Waals surface area contributed by atoms with Gasteiger partial charge in [-0.25, -0.2) is 0 Å². The highest BCUT2D eigenvalue weighted by Gasteiger charge is 2.08. The van der Waals surface area contributed by atoms with Gasteiger partial charge in [-0.15, -0.1) is 11.8 Å². The summed E-state index contributed by atoms with van der Waals surface area (Å²) in [5.41, 5.74) is 6.55. The van der Waals surface area contributed by atoms with E-state index in [4.69, 9.17) is 5.73 Å². The van der Waals surface area contributed by atoms with Crippen molar-refractivity contribution >= 4 is 22.6 Å². The SMILES string of the molecule is C=C(NC(=C)[C@@H](N)CCS(C)=O)SC. The topological polar surface area (TPSA) is 55.1 Å². The van der Waals surface area contributed by atoms with E-state index in [1.165, 1.54) is 11.8 Å². The molecule has 0 saturated carbocycles. The average molecular weight is 234 g/mol. The normalized spacial score (nSPS) is 14.5. The molecule has 0 amide bonds. The van der Waals surface area contributed by atoms with Crippen molar-refractivity contribution in [3.05, 3.63) is 23.9 Å². The summed E-state index contributed by atoms with van der Waals surface area (Å²) in [6.45, 7) is 7.58. The van der Waals surface area contributed by atoms with Crippen LogP contribution in [0.15, 0.2) is 23.9 Å². The zero-order valence-electron chi connectivity index (χ0n) is 8.71. The van der Waals surface area contributed by atoms with Gasteiger partial charge >= 0.3 is 0 Å². The summed E-state index contributed by atoms with van der Waals surface area (Å²) in [5.74, 6) is 0.605. The molecule has 0 rings (SSSR count). The third-order valence-electron chi connectivity index (χ3n) is 1.71. The molecule has 0 radical (unpaired) electrons. The summed E-state index contributed by atoms with van der Waals surface area (Å²) in [6.07, 6.45) is 4.27. The second kappa shape index (κ2) is 7.09. The zero-order valence-corrected chi connectivity index (χ0v) is 10.3. The highest BCUT2D eigenvalue weighted by atomic mass is 32.2. The summed E-state index contributed by atoms with van der Waals surface area (Å²) in [7, 11) is -0.794. The maximum atomic E-state index is 10.8. The first kappa shape index (κ1) is 13.7. The van der Waals surface area contributed by atoms with E-state index in [0.717, 1.165) is 10.7 Å². The van der Waals surface area contributed by atoms with Gasteiger partial charge in [0.1, 0.15) is 0 Å². The minimum atomic E-state index is -0.794. The highest BCUT2D eigenvalue weighted by molar-refractivity contribution is 8.02. The van der Waals surface area contributed by atoms with Crippen LogP contribution in [-0.4, -0.2) is 28.5 Å². The Labute approximate surface area is 92.7 Å². The highest BCUT2D eigenvalue weighted by Crippen LogP contribution is 2.08. The Morgan fingerprint density at radius 3 is 2.64 bits per heavy atom. The molecule has 0 saturated heterocycles. The Morgan fingerprint density at radius 1 is 1.64 bits per heavy atom. The first-order valence-electron chi connectivity index (χ1n) is 4.21. The van der Waals surface area contributed by atoms with Crippen LogP contribution in [0, 0.1) is 0 Å². The zero-order chi connectivity index (χ0) is 11.1. The van der Waals surface area contributed by atoms with Crippen molar-refractivity contribution in [2.45, 2.75) is 12.5 Å². The molecule has 82 valence electrons. The van der Waals surface area contributed by atoms with Crippen molar-refractivity contribution in [2.24, 2.45) is 5.73 Å². The first-order valence-corrected chi connectivity index (χ1v) is 7.17. The number of hydrogen-bond donors (Lipinski definition) is 2. The van der Waals surface area contributed by atoms with Crippen LogP contribution in [0.25, 0.3) is 0 Å². The van der Waals surface area contributed by atoms with Crippen molar-refractivity contribution in [3.8, 4) is 0 Å². The van der Waals surface area contributed by atoms with Gasteiger partial charge in [-0.2, -0.15) is 0 Å². The standard InChI is InChI=1S/C9H18N2OS2/c1-7(11-8(2)13-3)9(10)5-6-14(4)12/h9,11H,1-2,5-6,10H2,3-4H3/t9-,14?/m0/s1. The molecule has 0 aliphatic rings. The molecule has 0 bridgehead atoms. The minimum absolute atomic E-state index is 0.164. The third-order valence-corrected chi connectivity index (χ3v) is 3.12. The summed E-state index contributed by atoms with van der Waals surface area (Å²) in [5, 5.41) is 3.83. The van der Waals surface area contributed by atoms with E-state index < -0.39 is 10.8 Å². The Hall–Kier alpha value is -0.260. The van der Waals surface area contributed by atoms with Crippen LogP contribution in [0.2, 0.25) is 0 Å². The lowest BCUT2D eigenvalue weighted by molar-refractivity contribution is 0.669. The number of hydrogen-bond acceptors (Lipinski definition) is 4. The van der Waals surface area contributed by atoms with E-state index in [0.29, 0.717) is 12.2 Å². The minimum Gasteiger partial charge on any atom is -0.353 e. The summed E-state index contributed by atoms with van der Waals surface area (Å²) >= 11 is 1.51. The number of thioether (sulfide) groups is 1. The molecular weight excluding hydrogens is 216 g/mol. The monoisotopic (exact) mass is 234 g/mol. The Balaban J connectivity index is 3.87. The van der Waals surface area contributed by atoms with Crippen molar-refractivity contribution in [3.63, 3.8) is 0 Å². The van der Waals surface area contributed by atoms with Crippen molar-refractivity contribution in [1.29, 1.82) is 0 Å². The average Bonchev–Trinajstić information content (AvgIpc) is 2.13. The third kappa shape index (κ3) is 6.23. The second-order valence-corrected chi connectivity index (χ2v) is 5.41. The van der Waals surface area contributed by atoms with E-state index in [9.17, 15) is 4.21 Å². The van der Waals surface area contributed by atoms with Gasteiger partial charge in [0.15, 0.2) is 0 Å².